The molecule has 0 spiro atoms. The maximum Gasteiger partial charge on any atom is 0.261 e. The van der Waals surface area contributed by atoms with Crippen molar-refractivity contribution in [2.75, 3.05) is 12.4 Å². The Morgan fingerprint density at radius 1 is 1.03 bits per heavy atom. The van der Waals surface area contributed by atoms with Crippen molar-refractivity contribution in [1.82, 2.24) is 19.7 Å². The van der Waals surface area contributed by atoms with E-state index in [1.54, 1.807) is 24.2 Å². The van der Waals surface area contributed by atoms with Gasteiger partial charge in [-0.25, -0.2) is 4.98 Å². The lowest BCUT2D eigenvalue weighted by Gasteiger charge is -2.05. The number of pyridine rings is 1. The van der Waals surface area contributed by atoms with Crippen LogP contribution < -0.4 is 10.1 Å². The van der Waals surface area contributed by atoms with E-state index in [1.165, 1.54) is 11.3 Å². The first kappa shape index (κ1) is 21.5. The SMILES string of the molecule is COc1cccc(-c2nn(Cc3ccccc3)cc2C(=O)Nc2nc(-c3ccccn3)cs2)c1. The van der Waals surface area contributed by atoms with Gasteiger partial charge in [0.2, 0.25) is 0 Å². The summed E-state index contributed by atoms with van der Waals surface area (Å²) in [5.41, 5.74) is 4.40. The van der Waals surface area contributed by atoms with Crippen LogP contribution in [0.4, 0.5) is 5.13 Å². The predicted molar refractivity (Wildman–Crippen MR) is 133 cm³/mol. The number of thiazole rings is 1. The van der Waals surface area contributed by atoms with Crippen LogP contribution in [0, 0.1) is 0 Å². The number of ether oxygens (including phenoxy) is 1. The van der Waals surface area contributed by atoms with Crippen LogP contribution >= 0.6 is 11.3 Å². The summed E-state index contributed by atoms with van der Waals surface area (Å²) >= 11 is 1.35. The summed E-state index contributed by atoms with van der Waals surface area (Å²) in [6.07, 6.45) is 3.49. The molecule has 0 aliphatic carbocycles. The zero-order valence-corrected chi connectivity index (χ0v) is 19.2. The first-order chi connectivity index (χ1) is 16.7. The molecule has 0 aliphatic rings. The summed E-state index contributed by atoms with van der Waals surface area (Å²) in [6, 6.07) is 23.2. The van der Waals surface area contributed by atoms with Gasteiger partial charge in [0.15, 0.2) is 5.13 Å². The van der Waals surface area contributed by atoms with Gasteiger partial charge < -0.3 is 4.74 Å². The van der Waals surface area contributed by atoms with Gasteiger partial charge >= 0.3 is 0 Å². The Bertz CT molecular complexity index is 1410. The third-order valence-corrected chi connectivity index (χ3v) is 5.95. The molecule has 5 rings (SSSR count). The third kappa shape index (κ3) is 4.72. The van der Waals surface area contributed by atoms with E-state index in [9.17, 15) is 4.79 Å². The molecule has 0 unspecified atom stereocenters. The number of nitrogens with zero attached hydrogens (tertiary/aromatic N) is 4. The normalized spacial score (nSPS) is 10.7. The van der Waals surface area contributed by atoms with Crippen LogP contribution in [0.5, 0.6) is 5.75 Å². The Labute approximate surface area is 200 Å². The molecule has 7 nitrogen and oxygen atoms in total. The molecule has 3 heterocycles. The number of anilines is 1. The molecule has 2 aromatic carbocycles. The molecular weight excluding hydrogens is 446 g/mol. The number of hydrogen-bond acceptors (Lipinski definition) is 6. The van der Waals surface area contributed by atoms with Crippen molar-refractivity contribution in [3.63, 3.8) is 0 Å². The van der Waals surface area contributed by atoms with Crippen molar-refractivity contribution < 1.29 is 9.53 Å². The Kier molecular flexibility index (Phi) is 6.13. The molecule has 0 fully saturated rings. The highest BCUT2D eigenvalue weighted by atomic mass is 32.1. The quantitative estimate of drug-likeness (QED) is 0.348. The number of carbonyl (C=O) groups is 1. The lowest BCUT2D eigenvalue weighted by Crippen LogP contribution is -2.12. The molecule has 0 radical (unpaired) electrons. The van der Waals surface area contributed by atoms with Crippen molar-refractivity contribution in [2.45, 2.75) is 6.54 Å². The highest BCUT2D eigenvalue weighted by Crippen LogP contribution is 2.28. The van der Waals surface area contributed by atoms with Crippen LogP contribution in [-0.4, -0.2) is 32.8 Å². The second kappa shape index (κ2) is 9.68. The summed E-state index contributed by atoms with van der Waals surface area (Å²) < 4.78 is 7.15. The molecule has 1 amide bonds. The van der Waals surface area contributed by atoms with Gasteiger partial charge in [0.05, 0.1) is 24.9 Å². The lowest BCUT2D eigenvalue weighted by atomic mass is 10.1. The first-order valence-corrected chi connectivity index (χ1v) is 11.5. The topological polar surface area (TPSA) is 81.9 Å². The second-order valence-corrected chi connectivity index (χ2v) is 8.37. The molecule has 34 heavy (non-hydrogen) atoms. The van der Waals surface area contributed by atoms with E-state index in [2.05, 4.69) is 15.3 Å². The molecular formula is C26H21N5O2S. The van der Waals surface area contributed by atoms with Gasteiger partial charge in [-0.15, -0.1) is 11.3 Å². The van der Waals surface area contributed by atoms with Gasteiger partial charge in [0, 0.05) is 23.3 Å². The highest BCUT2D eigenvalue weighted by molar-refractivity contribution is 7.14. The molecule has 8 heteroatoms. The fourth-order valence-electron chi connectivity index (χ4n) is 3.55. The first-order valence-electron chi connectivity index (χ1n) is 10.6. The molecule has 5 aromatic rings. The highest BCUT2D eigenvalue weighted by Gasteiger charge is 2.20. The number of hydrogen-bond donors (Lipinski definition) is 1. The number of rotatable bonds is 7. The van der Waals surface area contributed by atoms with Crippen molar-refractivity contribution in [2.24, 2.45) is 0 Å². The number of nitrogens with one attached hydrogen (secondary N) is 1. The van der Waals surface area contributed by atoms with Gasteiger partial charge in [0.25, 0.3) is 5.91 Å². The summed E-state index contributed by atoms with van der Waals surface area (Å²) in [5.74, 6) is 0.417. The molecule has 168 valence electrons. The van der Waals surface area contributed by atoms with E-state index in [0.717, 1.165) is 16.8 Å². The molecule has 1 N–H and O–H groups in total. The van der Waals surface area contributed by atoms with Crippen LogP contribution in [0.1, 0.15) is 15.9 Å². The van der Waals surface area contributed by atoms with Crippen molar-refractivity contribution >= 4 is 22.4 Å². The largest absolute Gasteiger partial charge is 0.497 e. The van der Waals surface area contributed by atoms with Gasteiger partial charge in [-0.2, -0.15) is 5.10 Å². The number of methoxy groups -OCH3 is 1. The Balaban J connectivity index is 1.46. The minimum atomic E-state index is -0.279. The molecule has 0 atom stereocenters. The average Bonchev–Trinajstić information content (AvgIpc) is 3.53. The van der Waals surface area contributed by atoms with Gasteiger partial charge in [-0.05, 0) is 29.8 Å². The van der Waals surface area contributed by atoms with E-state index in [4.69, 9.17) is 9.84 Å². The summed E-state index contributed by atoms with van der Waals surface area (Å²) in [7, 11) is 1.61. The zero-order valence-electron chi connectivity index (χ0n) is 18.4. The fourth-order valence-corrected chi connectivity index (χ4v) is 4.25. The van der Waals surface area contributed by atoms with Crippen LogP contribution in [-0.2, 0) is 6.54 Å². The van der Waals surface area contributed by atoms with Gasteiger partial charge in [-0.1, -0.05) is 48.5 Å². The summed E-state index contributed by atoms with van der Waals surface area (Å²) in [6.45, 7) is 0.548. The standard InChI is InChI=1S/C26H21N5O2S/c1-33-20-11-7-10-19(14-20)24-21(16-31(30-24)15-18-8-3-2-4-9-18)25(32)29-26-28-23(17-34-26)22-12-5-6-13-27-22/h2-14,16-17H,15H2,1H3,(H,28,29,32). The monoisotopic (exact) mass is 467 g/mol. The third-order valence-electron chi connectivity index (χ3n) is 5.19. The van der Waals surface area contributed by atoms with E-state index in [0.29, 0.717) is 34.4 Å². The number of benzene rings is 2. The van der Waals surface area contributed by atoms with E-state index in [-0.39, 0.29) is 5.91 Å². The van der Waals surface area contributed by atoms with Crippen LogP contribution in [0.15, 0.2) is 90.6 Å². The fraction of sp³-hybridized carbons (Fsp3) is 0.0769. The number of carbonyl (C=O) groups excluding carboxylic acids is 1. The summed E-state index contributed by atoms with van der Waals surface area (Å²) in [4.78, 5) is 22.2. The van der Waals surface area contributed by atoms with E-state index in [1.807, 2.05) is 78.2 Å². The van der Waals surface area contributed by atoms with E-state index < -0.39 is 0 Å². The van der Waals surface area contributed by atoms with Gasteiger partial charge in [0.1, 0.15) is 17.1 Å². The number of amides is 1. The molecule has 0 aliphatic heterocycles. The second-order valence-electron chi connectivity index (χ2n) is 7.51. The van der Waals surface area contributed by atoms with E-state index >= 15 is 0 Å². The van der Waals surface area contributed by atoms with Crippen molar-refractivity contribution in [3.8, 4) is 28.4 Å². The average molecular weight is 468 g/mol. The zero-order chi connectivity index (χ0) is 23.3. The van der Waals surface area contributed by atoms with Gasteiger partial charge in [-0.3, -0.25) is 19.8 Å². The smallest absolute Gasteiger partial charge is 0.261 e. The maximum absolute atomic E-state index is 13.3. The Morgan fingerprint density at radius 3 is 2.68 bits per heavy atom. The van der Waals surface area contributed by atoms with Crippen LogP contribution in [0.3, 0.4) is 0 Å². The van der Waals surface area contributed by atoms with Crippen LogP contribution in [0.25, 0.3) is 22.6 Å². The number of aromatic nitrogens is 4. The molecule has 3 aromatic heterocycles. The predicted octanol–water partition coefficient (Wildman–Crippen LogP) is 5.38. The Morgan fingerprint density at radius 2 is 1.88 bits per heavy atom. The minimum absolute atomic E-state index is 0.279. The van der Waals surface area contributed by atoms with Crippen LogP contribution in [0.2, 0.25) is 0 Å². The summed E-state index contributed by atoms with van der Waals surface area (Å²) in [5, 5.41) is 10.0. The minimum Gasteiger partial charge on any atom is -0.497 e. The molecule has 0 bridgehead atoms. The Hall–Kier alpha value is -4.30. The van der Waals surface area contributed by atoms with Crippen molar-refractivity contribution in [3.05, 3.63) is 102 Å². The van der Waals surface area contributed by atoms with Crippen molar-refractivity contribution in [1.29, 1.82) is 0 Å². The molecule has 0 saturated heterocycles. The molecule has 0 saturated carbocycles. The lowest BCUT2D eigenvalue weighted by molar-refractivity contribution is 0.102. The maximum atomic E-state index is 13.3.